The first-order chi connectivity index (χ1) is 11.0. The fraction of sp³-hybridized carbons (Fsp3) is 0.562. The Hall–Kier alpha value is -1.31. The first-order valence-corrected chi connectivity index (χ1v) is 8.83. The van der Waals surface area contributed by atoms with E-state index in [9.17, 15) is 14.9 Å². The van der Waals surface area contributed by atoms with Gasteiger partial charge in [0, 0.05) is 18.2 Å². The number of benzene rings is 1. The van der Waals surface area contributed by atoms with Crippen LogP contribution in [0.1, 0.15) is 43.5 Å². The molecule has 0 aliphatic carbocycles. The van der Waals surface area contributed by atoms with Crippen LogP contribution in [0.3, 0.4) is 0 Å². The van der Waals surface area contributed by atoms with Crippen molar-refractivity contribution in [2.24, 2.45) is 11.7 Å². The summed E-state index contributed by atoms with van der Waals surface area (Å²) in [7, 11) is 0. The summed E-state index contributed by atoms with van der Waals surface area (Å²) in [6.45, 7) is 5.35. The van der Waals surface area contributed by atoms with Crippen LogP contribution in [0, 0.1) is 16.0 Å². The summed E-state index contributed by atoms with van der Waals surface area (Å²) in [5.74, 6) is 1.09. The lowest BCUT2D eigenvalue weighted by atomic mass is 10.2. The van der Waals surface area contributed by atoms with Crippen LogP contribution in [0.15, 0.2) is 23.1 Å². The Balaban J connectivity index is 0.00000529. The minimum Gasteiger partial charge on any atom is -0.352 e. The molecule has 3 N–H and O–H groups in total. The van der Waals surface area contributed by atoms with Gasteiger partial charge in [0.1, 0.15) is 0 Å². The number of hydrogen-bond donors (Lipinski definition) is 2. The molecule has 1 aromatic carbocycles. The van der Waals surface area contributed by atoms with Gasteiger partial charge in [0.2, 0.25) is 0 Å². The van der Waals surface area contributed by atoms with E-state index in [2.05, 4.69) is 19.2 Å². The highest BCUT2D eigenvalue weighted by molar-refractivity contribution is 7.99. The van der Waals surface area contributed by atoms with Crippen LogP contribution < -0.4 is 11.1 Å². The van der Waals surface area contributed by atoms with Crippen LogP contribution in [-0.4, -0.2) is 29.7 Å². The SMILES string of the molecule is CC(C)CCSc1ccc(C(=O)NCCCCN)cc1[N+](=O)[O-].Cl. The molecule has 0 heterocycles. The van der Waals surface area contributed by atoms with E-state index < -0.39 is 4.92 Å². The molecule has 0 unspecified atom stereocenters. The van der Waals surface area contributed by atoms with Gasteiger partial charge in [-0.3, -0.25) is 14.9 Å². The maximum atomic E-state index is 12.0. The molecule has 136 valence electrons. The number of halogens is 1. The first-order valence-electron chi connectivity index (χ1n) is 7.85. The van der Waals surface area contributed by atoms with E-state index in [4.69, 9.17) is 5.73 Å². The summed E-state index contributed by atoms with van der Waals surface area (Å²) in [5, 5.41) is 14.0. The van der Waals surface area contributed by atoms with Gasteiger partial charge in [-0.1, -0.05) is 13.8 Å². The van der Waals surface area contributed by atoms with Crippen molar-refractivity contribution in [2.45, 2.75) is 38.0 Å². The first kappa shape index (κ1) is 22.7. The molecule has 0 fully saturated rings. The third-order valence-electron chi connectivity index (χ3n) is 3.29. The summed E-state index contributed by atoms with van der Waals surface area (Å²) in [6.07, 6.45) is 2.63. The summed E-state index contributed by atoms with van der Waals surface area (Å²) >= 11 is 1.46. The second-order valence-electron chi connectivity index (χ2n) is 5.72. The van der Waals surface area contributed by atoms with Crippen molar-refractivity contribution in [2.75, 3.05) is 18.8 Å². The molecule has 0 spiro atoms. The van der Waals surface area contributed by atoms with Gasteiger partial charge in [0.25, 0.3) is 11.6 Å². The number of nitro groups is 1. The number of amides is 1. The lowest BCUT2D eigenvalue weighted by Crippen LogP contribution is -2.25. The maximum Gasteiger partial charge on any atom is 0.283 e. The van der Waals surface area contributed by atoms with Crippen LogP contribution in [0.2, 0.25) is 0 Å². The Morgan fingerprint density at radius 1 is 1.38 bits per heavy atom. The van der Waals surface area contributed by atoms with E-state index in [-0.39, 0.29) is 24.0 Å². The van der Waals surface area contributed by atoms with Gasteiger partial charge < -0.3 is 11.1 Å². The lowest BCUT2D eigenvalue weighted by molar-refractivity contribution is -0.387. The topological polar surface area (TPSA) is 98.3 Å². The molecule has 8 heteroatoms. The molecule has 6 nitrogen and oxygen atoms in total. The van der Waals surface area contributed by atoms with Gasteiger partial charge in [0.15, 0.2) is 0 Å². The third-order valence-corrected chi connectivity index (χ3v) is 4.38. The normalized spacial score (nSPS) is 10.3. The lowest BCUT2D eigenvalue weighted by Gasteiger charge is -2.08. The van der Waals surface area contributed by atoms with Crippen molar-refractivity contribution >= 4 is 35.8 Å². The number of rotatable bonds is 10. The van der Waals surface area contributed by atoms with E-state index >= 15 is 0 Å². The van der Waals surface area contributed by atoms with Gasteiger partial charge in [0.05, 0.1) is 9.82 Å². The number of carbonyl (C=O) groups is 1. The molecule has 0 aromatic heterocycles. The van der Waals surface area contributed by atoms with Crippen molar-refractivity contribution in [3.05, 3.63) is 33.9 Å². The summed E-state index contributed by atoms with van der Waals surface area (Å²) in [4.78, 5) is 23.4. The molecule has 0 bridgehead atoms. The van der Waals surface area contributed by atoms with Crippen LogP contribution >= 0.6 is 24.2 Å². The quantitative estimate of drug-likeness (QED) is 0.281. The molecular weight excluding hydrogens is 350 g/mol. The van der Waals surface area contributed by atoms with Gasteiger partial charge in [-0.15, -0.1) is 24.2 Å². The zero-order chi connectivity index (χ0) is 17.2. The molecule has 0 saturated heterocycles. The minimum atomic E-state index is -0.428. The highest BCUT2D eigenvalue weighted by atomic mass is 35.5. The van der Waals surface area contributed by atoms with Crippen molar-refractivity contribution in [1.29, 1.82) is 0 Å². The van der Waals surface area contributed by atoms with E-state index in [0.717, 1.165) is 25.0 Å². The Morgan fingerprint density at radius 3 is 2.67 bits per heavy atom. The number of unbranched alkanes of at least 4 members (excludes halogenated alkanes) is 1. The molecule has 0 atom stereocenters. The molecule has 1 rings (SSSR count). The molecule has 24 heavy (non-hydrogen) atoms. The maximum absolute atomic E-state index is 12.0. The van der Waals surface area contributed by atoms with Gasteiger partial charge in [-0.25, -0.2) is 0 Å². The Bertz CT molecular complexity index is 541. The van der Waals surface area contributed by atoms with Gasteiger partial charge in [-0.05, 0) is 49.6 Å². The smallest absolute Gasteiger partial charge is 0.283 e. The monoisotopic (exact) mass is 375 g/mol. The van der Waals surface area contributed by atoms with E-state index in [1.165, 1.54) is 17.8 Å². The molecule has 0 aliphatic heterocycles. The largest absolute Gasteiger partial charge is 0.352 e. The third kappa shape index (κ3) is 7.99. The molecular formula is C16H26ClN3O3S. The van der Waals surface area contributed by atoms with Crippen molar-refractivity contribution in [1.82, 2.24) is 5.32 Å². The number of carbonyl (C=O) groups excluding carboxylic acids is 1. The zero-order valence-electron chi connectivity index (χ0n) is 14.1. The zero-order valence-corrected chi connectivity index (χ0v) is 15.8. The predicted octanol–water partition coefficient (Wildman–Crippen LogP) is 3.62. The average molecular weight is 376 g/mol. The van der Waals surface area contributed by atoms with Crippen molar-refractivity contribution < 1.29 is 9.72 Å². The average Bonchev–Trinajstić information content (AvgIpc) is 2.51. The van der Waals surface area contributed by atoms with Crippen LogP contribution in [-0.2, 0) is 0 Å². The Morgan fingerprint density at radius 2 is 2.08 bits per heavy atom. The number of nitrogens with zero attached hydrogens (tertiary/aromatic N) is 1. The van der Waals surface area contributed by atoms with Gasteiger partial charge in [-0.2, -0.15) is 0 Å². The number of nitrogens with two attached hydrogens (primary N) is 1. The standard InChI is InChI=1S/C16H25N3O3S.ClH/c1-12(2)7-10-23-15-6-5-13(11-14(15)19(21)22)16(20)18-9-4-3-8-17;/h5-6,11-12H,3-4,7-10,17H2,1-2H3,(H,18,20);1H. The van der Waals surface area contributed by atoms with Crippen LogP contribution in [0.25, 0.3) is 0 Å². The molecule has 1 aromatic rings. The molecule has 1 amide bonds. The minimum absolute atomic E-state index is 0. The van der Waals surface area contributed by atoms with Crippen molar-refractivity contribution in [3.63, 3.8) is 0 Å². The summed E-state index contributed by atoms with van der Waals surface area (Å²) in [5.41, 5.74) is 5.71. The fourth-order valence-corrected chi connectivity index (χ4v) is 3.16. The highest BCUT2D eigenvalue weighted by Crippen LogP contribution is 2.31. The molecule has 0 radical (unpaired) electrons. The van der Waals surface area contributed by atoms with Crippen LogP contribution in [0.4, 0.5) is 5.69 Å². The fourth-order valence-electron chi connectivity index (χ4n) is 1.90. The number of hydrogen-bond acceptors (Lipinski definition) is 5. The predicted molar refractivity (Wildman–Crippen MR) is 101 cm³/mol. The summed E-state index contributed by atoms with van der Waals surface area (Å²) in [6, 6.07) is 4.66. The molecule has 0 saturated carbocycles. The van der Waals surface area contributed by atoms with Crippen LogP contribution in [0.5, 0.6) is 0 Å². The Labute approximate surface area is 153 Å². The van der Waals surface area contributed by atoms with E-state index in [0.29, 0.717) is 29.5 Å². The summed E-state index contributed by atoms with van der Waals surface area (Å²) < 4.78 is 0. The Kier molecular flexibility index (Phi) is 11.4. The van der Waals surface area contributed by atoms with Crippen molar-refractivity contribution in [3.8, 4) is 0 Å². The number of nitro benzene ring substituents is 1. The van der Waals surface area contributed by atoms with Gasteiger partial charge >= 0.3 is 0 Å². The highest BCUT2D eigenvalue weighted by Gasteiger charge is 2.17. The second kappa shape index (κ2) is 12.1. The molecule has 0 aliphatic rings. The number of nitrogens with one attached hydrogen (secondary N) is 1. The second-order valence-corrected chi connectivity index (χ2v) is 6.86. The van der Waals surface area contributed by atoms with E-state index in [1.807, 2.05) is 0 Å². The van der Waals surface area contributed by atoms with E-state index in [1.54, 1.807) is 12.1 Å². The number of thioether (sulfide) groups is 1.